The average Bonchev–Trinajstić information content (AvgIpc) is 3.51. The van der Waals surface area contributed by atoms with Crippen molar-refractivity contribution in [1.82, 2.24) is 0 Å². The highest BCUT2D eigenvalue weighted by molar-refractivity contribution is 5.20. The van der Waals surface area contributed by atoms with Crippen LogP contribution >= 0.6 is 0 Å². The third kappa shape index (κ3) is 7.20. The number of aliphatic hydroxyl groups is 9. The van der Waals surface area contributed by atoms with E-state index in [0.29, 0.717) is 25.2 Å². The molecule has 13 nitrogen and oxygen atoms in total. The highest BCUT2D eigenvalue weighted by atomic mass is 16.7. The van der Waals surface area contributed by atoms with Gasteiger partial charge in [0.15, 0.2) is 12.6 Å². The van der Waals surface area contributed by atoms with E-state index in [4.69, 9.17) is 18.9 Å². The summed E-state index contributed by atoms with van der Waals surface area (Å²) in [5.41, 5.74) is -0.301. The second-order valence-corrected chi connectivity index (χ2v) is 20.1. The van der Waals surface area contributed by atoms with Crippen LogP contribution in [0.2, 0.25) is 0 Å². The van der Waals surface area contributed by atoms with E-state index in [1.165, 1.54) is 0 Å². The highest BCUT2D eigenvalue weighted by Crippen LogP contribution is 2.76. The quantitative estimate of drug-likeness (QED) is 0.145. The molecule has 1 unspecified atom stereocenters. The van der Waals surface area contributed by atoms with Gasteiger partial charge in [-0.3, -0.25) is 0 Å². The molecule has 9 N–H and O–H groups in total. The van der Waals surface area contributed by atoms with E-state index >= 15 is 0 Å². The number of aliphatic hydroxyl groups excluding tert-OH is 9. The molecular weight excluding hydrogens is 712 g/mol. The number of allylic oxidation sites excluding steroid dienone is 2. The van der Waals surface area contributed by atoms with Gasteiger partial charge in [-0.05, 0) is 124 Å². The van der Waals surface area contributed by atoms with Crippen molar-refractivity contribution in [1.29, 1.82) is 0 Å². The van der Waals surface area contributed by atoms with E-state index < -0.39 is 86.3 Å². The average molecular weight is 785 g/mol. The van der Waals surface area contributed by atoms with Crippen molar-refractivity contribution in [3.05, 3.63) is 11.6 Å². The van der Waals surface area contributed by atoms with E-state index in [-0.39, 0.29) is 45.5 Å². The molecule has 6 fully saturated rings. The van der Waals surface area contributed by atoms with Gasteiger partial charge in [0.05, 0.1) is 31.0 Å². The van der Waals surface area contributed by atoms with Crippen molar-refractivity contribution < 1.29 is 64.9 Å². The Hall–Kier alpha value is -0.780. The molecule has 4 aliphatic carbocycles. The van der Waals surface area contributed by atoms with Gasteiger partial charge >= 0.3 is 0 Å². The molecule has 6 aliphatic rings. The Balaban J connectivity index is 1.25. The maximum absolute atomic E-state index is 12.4. The lowest BCUT2D eigenvalue weighted by Crippen LogP contribution is -2.67. The molecule has 0 spiro atoms. The zero-order chi connectivity index (χ0) is 40.6. The monoisotopic (exact) mass is 784 g/mol. The first kappa shape index (κ1) is 43.8. The number of fused-ring (bicyclic) bond motifs is 5. The molecule has 0 bridgehead atoms. The number of hydrogen-bond acceptors (Lipinski definition) is 13. The third-order valence-corrected chi connectivity index (χ3v) is 16.7. The molecule has 0 aromatic heterocycles. The lowest BCUT2D eigenvalue weighted by atomic mass is 9.35. The normalized spacial score (nSPS) is 52.0. The summed E-state index contributed by atoms with van der Waals surface area (Å²) in [6.45, 7) is 16.7. The zero-order valence-corrected chi connectivity index (χ0v) is 34.3. The zero-order valence-electron chi connectivity index (χ0n) is 34.3. The SMILES string of the molecule is CC(C)=CCCC(C)(O[C@@H]1O[C@H](CO[C@@H]2O[C@H](CO)[C@@H](O)[C@H](O)[C@H]2O)[C@@H](O)[C@H](O)[C@H]1O)[C@H]1CC[C@]2(C)[C@@H]1[C@H](O)C[C@@H]1[C@@]3(C)CC[C@H](O)C(C)(C)[C@@H]3CC[C@]12C. The lowest BCUT2D eigenvalue weighted by Gasteiger charge is -2.70. The summed E-state index contributed by atoms with van der Waals surface area (Å²) in [4.78, 5) is 0. The summed E-state index contributed by atoms with van der Waals surface area (Å²) in [7, 11) is 0. The molecular formula is C42H72O13. The van der Waals surface area contributed by atoms with Crippen molar-refractivity contribution in [2.45, 2.75) is 192 Å². The fraction of sp³-hybridized carbons (Fsp3) is 0.952. The van der Waals surface area contributed by atoms with E-state index in [1.807, 2.05) is 20.8 Å². The van der Waals surface area contributed by atoms with E-state index in [0.717, 1.165) is 44.1 Å². The van der Waals surface area contributed by atoms with Crippen LogP contribution in [0.1, 0.15) is 113 Å². The fourth-order valence-corrected chi connectivity index (χ4v) is 13.2. The molecule has 4 saturated carbocycles. The number of hydrogen-bond donors (Lipinski definition) is 9. The molecule has 2 saturated heterocycles. The van der Waals surface area contributed by atoms with Gasteiger partial charge in [-0.15, -0.1) is 0 Å². The van der Waals surface area contributed by atoms with Gasteiger partial charge in [-0.1, -0.05) is 46.3 Å². The van der Waals surface area contributed by atoms with Crippen LogP contribution in [0.25, 0.3) is 0 Å². The van der Waals surface area contributed by atoms with Gasteiger partial charge in [0.2, 0.25) is 0 Å². The lowest BCUT2D eigenvalue weighted by molar-refractivity contribution is -0.349. The molecule has 6 rings (SSSR count). The van der Waals surface area contributed by atoms with Crippen LogP contribution < -0.4 is 0 Å². The van der Waals surface area contributed by atoms with Crippen molar-refractivity contribution in [2.24, 2.45) is 45.3 Å². The first-order chi connectivity index (χ1) is 25.6. The summed E-state index contributed by atoms with van der Waals surface area (Å²) in [6.07, 6.45) is -6.62. The van der Waals surface area contributed by atoms with Crippen molar-refractivity contribution >= 4 is 0 Å². The van der Waals surface area contributed by atoms with Gasteiger partial charge < -0.3 is 64.9 Å². The van der Waals surface area contributed by atoms with Crippen LogP contribution in [0, 0.1) is 45.3 Å². The Morgan fingerprint density at radius 1 is 0.727 bits per heavy atom. The molecule has 0 radical (unpaired) electrons. The maximum Gasteiger partial charge on any atom is 0.187 e. The largest absolute Gasteiger partial charge is 0.394 e. The summed E-state index contributed by atoms with van der Waals surface area (Å²) in [5, 5.41) is 97.4. The van der Waals surface area contributed by atoms with E-state index in [1.54, 1.807) is 0 Å². The van der Waals surface area contributed by atoms with Gasteiger partial charge in [0.25, 0.3) is 0 Å². The van der Waals surface area contributed by atoms with Crippen LogP contribution in [0.4, 0.5) is 0 Å². The first-order valence-corrected chi connectivity index (χ1v) is 20.9. The van der Waals surface area contributed by atoms with Crippen LogP contribution in [0.5, 0.6) is 0 Å². The van der Waals surface area contributed by atoms with Gasteiger partial charge in [0.1, 0.15) is 48.8 Å². The molecule has 2 heterocycles. The topological polar surface area (TPSA) is 219 Å². The Morgan fingerprint density at radius 2 is 1.33 bits per heavy atom. The molecule has 0 amide bonds. The second kappa shape index (κ2) is 15.7. The highest BCUT2D eigenvalue weighted by Gasteiger charge is 2.71. The van der Waals surface area contributed by atoms with Gasteiger partial charge in [0, 0.05) is 0 Å². The molecule has 0 aromatic carbocycles. The maximum atomic E-state index is 12.4. The predicted octanol–water partition coefficient (Wildman–Crippen LogP) is 2.15. The van der Waals surface area contributed by atoms with Gasteiger partial charge in [-0.2, -0.15) is 0 Å². The Bertz CT molecular complexity index is 1370. The second-order valence-electron chi connectivity index (χ2n) is 20.1. The van der Waals surface area contributed by atoms with Crippen LogP contribution in [-0.4, -0.2) is 138 Å². The Labute approximate surface area is 327 Å². The molecule has 20 atom stereocenters. The van der Waals surface area contributed by atoms with Crippen molar-refractivity contribution in [2.75, 3.05) is 13.2 Å². The molecule has 55 heavy (non-hydrogen) atoms. The number of ether oxygens (including phenoxy) is 4. The summed E-state index contributed by atoms with van der Waals surface area (Å²) < 4.78 is 24.2. The first-order valence-electron chi connectivity index (χ1n) is 20.9. The fourth-order valence-electron chi connectivity index (χ4n) is 13.2. The molecule has 318 valence electrons. The minimum absolute atomic E-state index is 0.0181. The van der Waals surface area contributed by atoms with Crippen LogP contribution in [0.15, 0.2) is 11.6 Å². The van der Waals surface area contributed by atoms with Crippen LogP contribution in [-0.2, 0) is 18.9 Å². The summed E-state index contributed by atoms with van der Waals surface area (Å²) in [6, 6.07) is 0. The third-order valence-electron chi connectivity index (χ3n) is 16.7. The van der Waals surface area contributed by atoms with Crippen LogP contribution in [0.3, 0.4) is 0 Å². The van der Waals surface area contributed by atoms with Crippen molar-refractivity contribution in [3.63, 3.8) is 0 Å². The smallest absolute Gasteiger partial charge is 0.187 e. The molecule has 2 aliphatic heterocycles. The molecule has 0 aromatic rings. The number of rotatable bonds is 10. The Morgan fingerprint density at radius 3 is 1.96 bits per heavy atom. The standard InChI is InChI=1S/C42H72O13/c1-21(2)10-9-14-42(8,55-37-35(51)33(49)31(47)25(54-37)20-52-36-34(50)32(48)30(46)24(19-43)53-36)22-11-16-41(7)29(22)23(44)18-27-39(5)15-13-28(45)38(3,4)26(39)12-17-40(27,41)6/h10,22-37,43-51H,9,11-20H2,1-8H3/t22-,23+,24+,25+,26-,27+,28-,29-,30+,31+,32-,33-,34+,35+,36+,37-,39-,40+,41+,42?/m0/s1. The van der Waals surface area contributed by atoms with E-state index in [2.05, 4.69) is 40.7 Å². The van der Waals surface area contributed by atoms with Gasteiger partial charge in [-0.25, -0.2) is 0 Å². The molecule has 13 heteroatoms. The summed E-state index contributed by atoms with van der Waals surface area (Å²) >= 11 is 0. The van der Waals surface area contributed by atoms with E-state index in [9.17, 15) is 46.0 Å². The minimum Gasteiger partial charge on any atom is -0.394 e. The minimum atomic E-state index is -1.67. The predicted molar refractivity (Wildman–Crippen MR) is 201 cm³/mol. The summed E-state index contributed by atoms with van der Waals surface area (Å²) in [5.74, 6) is 0.389. The van der Waals surface area contributed by atoms with Crippen molar-refractivity contribution in [3.8, 4) is 0 Å². The Kier molecular flexibility index (Phi) is 12.5.